The zero-order valence-corrected chi connectivity index (χ0v) is 17.7. The molecule has 3 heterocycles. The Balaban J connectivity index is 1.89. The number of rotatable bonds is 5. The summed E-state index contributed by atoms with van der Waals surface area (Å²) in [5.41, 5.74) is 0.0862. The van der Waals surface area contributed by atoms with E-state index in [1.807, 2.05) is 0 Å². The van der Waals surface area contributed by atoms with Gasteiger partial charge in [-0.2, -0.15) is 23.3 Å². The maximum absolute atomic E-state index is 14.2. The van der Waals surface area contributed by atoms with Gasteiger partial charge < -0.3 is 10.4 Å². The van der Waals surface area contributed by atoms with Crippen molar-refractivity contribution in [3.8, 4) is 16.9 Å². The van der Waals surface area contributed by atoms with Crippen LogP contribution in [0.2, 0.25) is 0 Å². The molecule has 0 bridgehead atoms. The number of nitrogens with one attached hydrogen (secondary N) is 1. The Hall–Kier alpha value is -4.35. The minimum absolute atomic E-state index is 0.0707. The molecule has 3 aromatic heterocycles. The first-order chi connectivity index (χ1) is 16.0. The molecule has 0 spiro atoms. The van der Waals surface area contributed by atoms with E-state index in [4.69, 9.17) is 0 Å². The first-order valence-corrected chi connectivity index (χ1v) is 9.76. The Morgan fingerprint density at radius 3 is 2.53 bits per heavy atom. The van der Waals surface area contributed by atoms with Gasteiger partial charge in [0.15, 0.2) is 11.5 Å². The Kier molecular flexibility index (Phi) is 5.73. The quantitative estimate of drug-likeness (QED) is 0.396. The van der Waals surface area contributed by atoms with Gasteiger partial charge in [-0.25, -0.2) is 18.9 Å². The van der Waals surface area contributed by atoms with Gasteiger partial charge in [0.25, 0.3) is 0 Å². The first kappa shape index (κ1) is 22.8. The Morgan fingerprint density at radius 1 is 1.09 bits per heavy atom. The third kappa shape index (κ3) is 4.56. The minimum atomic E-state index is -4.69. The van der Waals surface area contributed by atoms with Crippen LogP contribution < -0.4 is 5.32 Å². The van der Waals surface area contributed by atoms with Crippen LogP contribution in [0.1, 0.15) is 27.3 Å². The van der Waals surface area contributed by atoms with E-state index in [0.717, 1.165) is 22.5 Å². The number of hydrogen-bond acceptors (Lipinski definition) is 6. The molecule has 0 aliphatic heterocycles. The molecule has 12 heteroatoms. The van der Waals surface area contributed by atoms with E-state index in [0.29, 0.717) is 0 Å². The number of alkyl halides is 3. The van der Waals surface area contributed by atoms with Crippen LogP contribution in [-0.4, -0.2) is 35.8 Å². The van der Waals surface area contributed by atoms with Gasteiger partial charge >= 0.3 is 12.1 Å². The molecule has 0 saturated carbocycles. The summed E-state index contributed by atoms with van der Waals surface area (Å²) in [6.45, 7) is 3.17. The Bertz CT molecular complexity index is 1400. The van der Waals surface area contributed by atoms with Gasteiger partial charge in [0, 0.05) is 35.4 Å². The monoisotopic (exact) mass is 472 g/mol. The molecule has 0 radical (unpaired) electrons. The predicted octanol–water partition coefficient (Wildman–Crippen LogP) is 4.94. The minimum Gasteiger partial charge on any atom is -0.478 e. The van der Waals surface area contributed by atoms with Crippen molar-refractivity contribution < 1.29 is 27.5 Å². The molecule has 1 aromatic carbocycles. The maximum atomic E-state index is 14.2. The second-order valence-corrected chi connectivity index (χ2v) is 7.39. The van der Waals surface area contributed by atoms with E-state index in [1.54, 1.807) is 13.0 Å². The van der Waals surface area contributed by atoms with E-state index in [-0.39, 0.29) is 39.8 Å². The van der Waals surface area contributed by atoms with Crippen LogP contribution in [0.5, 0.6) is 0 Å². The lowest BCUT2D eigenvalue weighted by atomic mass is 10.1. The molecule has 174 valence electrons. The van der Waals surface area contributed by atoms with Crippen LogP contribution in [0, 0.1) is 19.7 Å². The lowest BCUT2D eigenvalue weighted by Gasteiger charge is -2.13. The largest absolute Gasteiger partial charge is 0.478 e. The number of carboxylic acid groups (broad SMARTS) is 1. The zero-order valence-electron chi connectivity index (χ0n) is 17.7. The standard InChI is InChI=1S/C22H16F4N6O2/c1-11-3-4-16(23)17(5-11)29-21-28-10-15(13-7-14(20(33)34)9-27-8-13)19(30-21)32-12(2)6-18(31-32)22(24,25)26/h3-10H,1-2H3,(H,33,34)(H,28,29,30). The van der Waals surface area contributed by atoms with Crippen molar-refractivity contribution in [3.05, 3.63) is 77.3 Å². The SMILES string of the molecule is Cc1ccc(F)c(Nc2ncc(-c3cncc(C(=O)O)c3)c(-n3nc(C(F)(F)F)cc3C)n2)c1. The van der Waals surface area contributed by atoms with Gasteiger partial charge in [-0.1, -0.05) is 6.07 Å². The molecule has 0 saturated heterocycles. The molecule has 0 aliphatic rings. The van der Waals surface area contributed by atoms with Crippen LogP contribution in [0.3, 0.4) is 0 Å². The van der Waals surface area contributed by atoms with Crippen LogP contribution in [0.15, 0.2) is 48.9 Å². The molecule has 4 rings (SSSR count). The second kappa shape index (κ2) is 8.54. The molecule has 34 heavy (non-hydrogen) atoms. The fourth-order valence-corrected chi connectivity index (χ4v) is 3.19. The molecule has 2 N–H and O–H groups in total. The number of halogens is 4. The molecule has 0 amide bonds. The lowest BCUT2D eigenvalue weighted by Crippen LogP contribution is -2.11. The van der Waals surface area contributed by atoms with Crippen LogP contribution in [-0.2, 0) is 6.18 Å². The smallest absolute Gasteiger partial charge is 0.435 e. The summed E-state index contributed by atoms with van der Waals surface area (Å²) in [4.78, 5) is 23.7. The average molecular weight is 472 g/mol. The third-order valence-corrected chi connectivity index (χ3v) is 4.81. The summed E-state index contributed by atoms with van der Waals surface area (Å²) in [6.07, 6.45) is -0.968. The number of hydrogen-bond donors (Lipinski definition) is 2. The highest BCUT2D eigenvalue weighted by atomic mass is 19.4. The summed E-state index contributed by atoms with van der Waals surface area (Å²) >= 11 is 0. The van der Waals surface area contributed by atoms with Crippen molar-refractivity contribution in [1.82, 2.24) is 24.7 Å². The van der Waals surface area contributed by atoms with Crippen LogP contribution >= 0.6 is 0 Å². The summed E-state index contributed by atoms with van der Waals surface area (Å²) in [5.74, 6) is -2.00. The van der Waals surface area contributed by atoms with Crippen molar-refractivity contribution in [1.29, 1.82) is 0 Å². The Morgan fingerprint density at radius 2 is 1.85 bits per heavy atom. The number of carbonyl (C=O) groups is 1. The normalized spacial score (nSPS) is 11.5. The highest BCUT2D eigenvalue weighted by molar-refractivity contribution is 5.89. The van der Waals surface area contributed by atoms with Crippen molar-refractivity contribution in [3.63, 3.8) is 0 Å². The van der Waals surface area contributed by atoms with E-state index in [1.165, 1.54) is 37.5 Å². The first-order valence-electron chi connectivity index (χ1n) is 9.76. The molecule has 0 aliphatic carbocycles. The zero-order chi connectivity index (χ0) is 24.6. The van der Waals surface area contributed by atoms with Crippen molar-refractivity contribution in [2.45, 2.75) is 20.0 Å². The topological polar surface area (TPSA) is 106 Å². The molecular formula is C22H16F4N6O2. The molecular weight excluding hydrogens is 456 g/mol. The molecule has 8 nitrogen and oxygen atoms in total. The number of aromatic nitrogens is 5. The maximum Gasteiger partial charge on any atom is 0.435 e. The number of carboxylic acids is 1. The highest BCUT2D eigenvalue weighted by Gasteiger charge is 2.35. The van der Waals surface area contributed by atoms with Crippen LogP contribution in [0.25, 0.3) is 16.9 Å². The van der Waals surface area contributed by atoms with Gasteiger partial charge in [0.2, 0.25) is 5.95 Å². The second-order valence-electron chi connectivity index (χ2n) is 7.39. The summed E-state index contributed by atoms with van der Waals surface area (Å²) in [5, 5.41) is 15.6. The van der Waals surface area contributed by atoms with Crippen molar-refractivity contribution in [2.24, 2.45) is 0 Å². The fraction of sp³-hybridized carbons (Fsp3) is 0.136. The van der Waals surface area contributed by atoms with Gasteiger partial charge in [0.1, 0.15) is 5.82 Å². The van der Waals surface area contributed by atoms with Crippen LogP contribution in [0.4, 0.5) is 29.2 Å². The van der Waals surface area contributed by atoms with E-state index in [2.05, 4.69) is 25.4 Å². The number of nitrogens with zero attached hydrogens (tertiary/aromatic N) is 5. The Labute approximate surface area is 189 Å². The predicted molar refractivity (Wildman–Crippen MR) is 114 cm³/mol. The van der Waals surface area contributed by atoms with Gasteiger partial charge in [0.05, 0.1) is 11.3 Å². The molecule has 0 atom stereocenters. The van der Waals surface area contributed by atoms with E-state index < -0.39 is 23.7 Å². The number of aromatic carboxylic acids is 1. The summed E-state index contributed by atoms with van der Waals surface area (Å²) in [6, 6.07) is 6.49. The van der Waals surface area contributed by atoms with Crippen molar-refractivity contribution >= 4 is 17.6 Å². The van der Waals surface area contributed by atoms with Gasteiger partial charge in [-0.3, -0.25) is 4.98 Å². The molecule has 0 fully saturated rings. The number of pyridine rings is 1. The molecule has 4 aromatic rings. The number of anilines is 2. The van der Waals surface area contributed by atoms with Gasteiger partial charge in [-0.05, 0) is 43.7 Å². The number of benzene rings is 1. The lowest BCUT2D eigenvalue weighted by molar-refractivity contribution is -0.141. The average Bonchev–Trinajstić information content (AvgIpc) is 3.18. The fourth-order valence-electron chi connectivity index (χ4n) is 3.19. The van der Waals surface area contributed by atoms with E-state index in [9.17, 15) is 27.5 Å². The summed E-state index contributed by atoms with van der Waals surface area (Å²) in [7, 11) is 0. The molecule has 0 unspecified atom stereocenters. The number of aryl methyl sites for hydroxylation is 2. The van der Waals surface area contributed by atoms with E-state index >= 15 is 0 Å². The van der Waals surface area contributed by atoms with Crippen molar-refractivity contribution in [2.75, 3.05) is 5.32 Å². The summed E-state index contributed by atoms with van der Waals surface area (Å²) < 4.78 is 55.0. The van der Waals surface area contributed by atoms with Gasteiger partial charge in [-0.15, -0.1) is 0 Å². The third-order valence-electron chi connectivity index (χ3n) is 4.81. The highest BCUT2D eigenvalue weighted by Crippen LogP contribution is 2.32.